The summed E-state index contributed by atoms with van der Waals surface area (Å²) in [5.74, 6) is 1.74. The average Bonchev–Trinajstić information content (AvgIpc) is 4.07. The van der Waals surface area contributed by atoms with Crippen LogP contribution in [0.3, 0.4) is 0 Å². The smallest absolute Gasteiger partial charge is 0.238 e. The highest BCUT2D eigenvalue weighted by Crippen LogP contribution is 2.43. The molecule has 0 amide bonds. The highest BCUT2D eigenvalue weighted by atomic mass is 15.2. The molecule has 14 aromatic rings. The third kappa shape index (κ3) is 6.23. The number of para-hydroxylation sites is 4. The summed E-state index contributed by atoms with van der Waals surface area (Å²) in [7, 11) is 0. The minimum Gasteiger partial charge on any atom is -0.309 e. The van der Waals surface area contributed by atoms with Gasteiger partial charge in [0.15, 0.2) is 11.6 Å². The molecule has 10 aromatic carbocycles. The quantitative estimate of drug-likeness (QED) is 0.160. The van der Waals surface area contributed by atoms with Gasteiger partial charge in [-0.1, -0.05) is 188 Å². The predicted molar refractivity (Wildman–Crippen MR) is 285 cm³/mol. The van der Waals surface area contributed by atoms with E-state index in [1.165, 1.54) is 27.3 Å². The minimum atomic E-state index is 0.542. The molecule has 14 rings (SSSR count). The fourth-order valence-electron chi connectivity index (χ4n) is 10.6. The maximum atomic E-state index is 5.47. The maximum absolute atomic E-state index is 5.47. The molecule has 4 aromatic heterocycles. The molecule has 0 saturated heterocycles. The Hall–Kier alpha value is -9.39. The van der Waals surface area contributed by atoms with E-state index in [-0.39, 0.29) is 0 Å². The van der Waals surface area contributed by atoms with E-state index in [9.17, 15) is 0 Å². The van der Waals surface area contributed by atoms with Gasteiger partial charge in [0, 0.05) is 54.8 Å². The van der Waals surface area contributed by atoms with E-state index in [4.69, 9.17) is 15.0 Å². The van der Waals surface area contributed by atoms with Gasteiger partial charge >= 0.3 is 0 Å². The van der Waals surface area contributed by atoms with E-state index in [2.05, 4.69) is 238 Å². The lowest BCUT2D eigenvalue weighted by atomic mass is 9.98. The second-order valence-corrected chi connectivity index (χ2v) is 17.6. The summed E-state index contributed by atoms with van der Waals surface area (Å²) in [5.41, 5.74) is 15.2. The van der Waals surface area contributed by atoms with E-state index in [0.29, 0.717) is 17.6 Å². The van der Waals surface area contributed by atoms with Gasteiger partial charge in [-0.15, -0.1) is 0 Å². The molecule has 0 aliphatic heterocycles. The van der Waals surface area contributed by atoms with Crippen LogP contribution in [0.1, 0.15) is 0 Å². The molecule has 322 valence electrons. The first kappa shape index (κ1) is 38.8. The van der Waals surface area contributed by atoms with Crippen LogP contribution in [0.5, 0.6) is 0 Å². The molecule has 0 saturated carbocycles. The molecule has 69 heavy (non-hydrogen) atoms. The molecule has 0 atom stereocenters. The fourth-order valence-corrected chi connectivity index (χ4v) is 10.6. The van der Waals surface area contributed by atoms with E-state index in [1.807, 2.05) is 18.2 Å². The van der Waals surface area contributed by atoms with E-state index >= 15 is 0 Å². The number of rotatable bonds is 7. The van der Waals surface area contributed by atoms with Crippen LogP contribution in [0.2, 0.25) is 0 Å². The Bertz CT molecular complexity index is 4230. The number of hydrogen-bond acceptors (Lipinski definition) is 3. The maximum Gasteiger partial charge on any atom is 0.238 e. The van der Waals surface area contributed by atoms with Gasteiger partial charge in [-0.3, -0.25) is 4.57 Å². The Morgan fingerprint density at radius 1 is 0.232 bits per heavy atom. The third-order valence-electron chi connectivity index (χ3n) is 13.7. The van der Waals surface area contributed by atoms with Crippen molar-refractivity contribution in [2.45, 2.75) is 0 Å². The highest BCUT2D eigenvalue weighted by molar-refractivity contribution is 6.24. The predicted octanol–water partition coefficient (Wildman–Crippen LogP) is 15.8. The normalized spacial score (nSPS) is 11.8. The van der Waals surface area contributed by atoms with E-state index in [0.717, 1.165) is 82.9 Å². The summed E-state index contributed by atoms with van der Waals surface area (Å²) in [6.07, 6.45) is 0. The summed E-state index contributed by atoms with van der Waals surface area (Å²) < 4.78 is 7.08. The summed E-state index contributed by atoms with van der Waals surface area (Å²) in [6, 6.07) is 86.3. The van der Waals surface area contributed by atoms with Crippen LogP contribution in [0.15, 0.2) is 243 Å². The molecule has 0 bridgehead atoms. The summed E-state index contributed by atoms with van der Waals surface area (Å²) >= 11 is 0. The SMILES string of the molecule is c1ccc(-c2cccc(-c3ccc(-c4nc(-c5ccccc5)nc(-n5c6ccc(-n7c8ccccc8c8ccccc87)cc6c6ccc7c8ccccc8n(-c8ccccc8)c7c65)n4)cc3)c2)cc1. The first-order valence-electron chi connectivity index (χ1n) is 23.4. The van der Waals surface area contributed by atoms with Gasteiger partial charge in [0.25, 0.3) is 0 Å². The summed E-state index contributed by atoms with van der Waals surface area (Å²) in [5, 5.41) is 6.98. The summed E-state index contributed by atoms with van der Waals surface area (Å²) in [4.78, 5) is 16.1. The Morgan fingerprint density at radius 2 is 0.667 bits per heavy atom. The fraction of sp³-hybridized carbons (Fsp3) is 0. The minimum absolute atomic E-state index is 0.542. The first-order valence-corrected chi connectivity index (χ1v) is 23.4. The first-order chi connectivity index (χ1) is 34.2. The topological polar surface area (TPSA) is 53.5 Å². The Kier molecular flexibility index (Phi) is 8.79. The van der Waals surface area contributed by atoms with Crippen LogP contribution in [0.25, 0.3) is 128 Å². The molecule has 0 N–H and O–H groups in total. The van der Waals surface area contributed by atoms with Crippen LogP contribution >= 0.6 is 0 Å². The second-order valence-electron chi connectivity index (χ2n) is 17.6. The lowest BCUT2D eigenvalue weighted by Crippen LogP contribution is -2.07. The van der Waals surface area contributed by atoms with Crippen molar-refractivity contribution in [2.24, 2.45) is 0 Å². The second kappa shape index (κ2) is 15.6. The molecule has 0 unspecified atom stereocenters. The van der Waals surface area contributed by atoms with E-state index < -0.39 is 0 Å². The largest absolute Gasteiger partial charge is 0.309 e. The van der Waals surface area contributed by atoms with Crippen LogP contribution in [0.4, 0.5) is 0 Å². The molecule has 0 radical (unpaired) electrons. The van der Waals surface area contributed by atoms with Crippen molar-refractivity contribution < 1.29 is 0 Å². The number of hydrogen-bond donors (Lipinski definition) is 0. The average molecular weight is 881 g/mol. The molecular formula is C63H40N6. The molecule has 4 heterocycles. The van der Waals surface area contributed by atoms with Crippen molar-refractivity contribution in [3.8, 4) is 62.4 Å². The van der Waals surface area contributed by atoms with Crippen molar-refractivity contribution in [1.29, 1.82) is 0 Å². The van der Waals surface area contributed by atoms with E-state index in [1.54, 1.807) is 0 Å². The zero-order chi connectivity index (χ0) is 45.4. The van der Waals surface area contributed by atoms with Gasteiger partial charge in [0.2, 0.25) is 5.95 Å². The van der Waals surface area contributed by atoms with Gasteiger partial charge in [-0.05, 0) is 76.9 Å². The third-order valence-corrected chi connectivity index (χ3v) is 13.7. The highest BCUT2D eigenvalue weighted by Gasteiger charge is 2.24. The van der Waals surface area contributed by atoms with Crippen molar-refractivity contribution in [3.63, 3.8) is 0 Å². The standard InChI is InChI=1S/C63H40N6/c1-4-17-41(18-5-1)45-21-16-22-46(39-45)42-31-33-44(34-32-42)62-64-61(43-19-6-2-7-20-43)65-63(66-62)69-58-38-35-48(67-55-28-13-10-25-49(55)50-26-11-14-29-56(50)67)40-54(58)53-37-36-52-51-27-12-15-30-57(51)68(59(52)60(53)69)47-23-8-3-9-24-47/h1-40H. The molecule has 0 aliphatic carbocycles. The molecule has 0 spiro atoms. The zero-order valence-electron chi connectivity index (χ0n) is 37.3. The number of nitrogens with zero attached hydrogens (tertiary/aromatic N) is 6. The molecule has 0 aliphatic rings. The molecule has 6 nitrogen and oxygen atoms in total. The van der Waals surface area contributed by atoms with Gasteiger partial charge in [0.1, 0.15) is 0 Å². The molecular weight excluding hydrogens is 841 g/mol. The summed E-state index contributed by atoms with van der Waals surface area (Å²) in [6.45, 7) is 0. The number of aromatic nitrogens is 6. The van der Waals surface area contributed by atoms with Crippen molar-refractivity contribution in [3.05, 3.63) is 243 Å². The zero-order valence-corrected chi connectivity index (χ0v) is 37.3. The van der Waals surface area contributed by atoms with Crippen molar-refractivity contribution in [2.75, 3.05) is 0 Å². The molecule has 6 heteroatoms. The molecule has 0 fully saturated rings. The van der Waals surface area contributed by atoms with Gasteiger partial charge in [-0.2, -0.15) is 9.97 Å². The Labute approximate surface area is 397 Å². The van der Waals surface area contributed by atoms with Gasteiger partial charge in [0.05, 0.1) is 33.1 Å². The Balaban J connectivity index is 1.04. The lowest BCUT2D eigenvalue weighted by Gasteiger charge is -2.13. The van der Waals surface area contributed by atoms with Crippen LogP contribution < -0.4 is 0 Å². The number of fused-ring (bicyclic) bond motifs is 10. The monoisotopic (exact) mass is 880 g/mol. The van der Waals surface area contributed by atoms with Gasteiger partial charge < -0.3 is 9.13 Å². The van der Waals surface area contributed by atoms with Gasteiger partial charge in [-0.25, -0.2) is 4.98 Å². The van der Waals surface area contributed by atoms with Crippen LogP contribution in [-0.2, 0) is 0 Å². The lowest BCUT2D eigenvalue weighted by molar-refractivity contribution is 0.953. The Morgan fingerprint density at radius 3 is 1.29 bits per heavy atom. The van der Waals surface area contributed by atoms with Crippen molar-refractivity contribution in [1.82, 2.24) is 28.7 Å². The van der Waals surface area contributed by atoms with Crippen LogP contribution in [-0.4, -0.2) is 28.7 Å². The van der Waals surface area contributed by atoms with Crippen molar-refractivity contribution >= 4 is 65.4 Å². The van der Waals surface area contributed by atoms with Crippen LogP contribution in [0, 0.1) is 0 Å². The number of benzene rings is 10.